The molecule has 0 aliphatic rings. The number of sulfonamides is 1. The number of hydrogen-bond donors (Lipinski definition) is 2. The van der Waals surface area contributed by atoms with Crippen molar-refractivity contribution in [2.75, 3.05) is 16.6 Å². The number of aromatic nitrogens is 2. The molecule has 0 unspecified atom stereocenters. The Morgan fingerprint density at radius 1 is 1.20 bits per heavy atom. The third-order valence-corrected chi connectivity index (χ3v) is 5.25. The van der Waals surface area contributed by atoms with E-state index >= 15 is 0 Å². The standard InChI is InChI=1S/C12H16N4O2S2/c1-2-3-8-13-10-6-7-11(15-14-10)16-20(17,18)12-5-4-9-19-12/h4-7,9H,2-3,8H2,1H3,(H,13,14)(H,15,16). The maximum absolute atomic E-state index is 12.0. The molecule has 2 rings (SSSR count). The molecule has 2 heterocycles. The number of nitrogens with zero attached hydrogens (tertiary/aromatic N) is 2. The molecule has 2 aromatic rings. The van der Waals surface area contributed by atoms with Crippen molar-refractivity contribution in [3.8, 4) is 0 Å². The molecular formula is C12H16N4O2S2. The van der Waals surface area contributed by atoms with Crippen molar-refractivity contribution < 1.29 is 8.42 Å². The highest BCUT2D eigenvalue weighted by Crippen LogP contribution is 2.19. The van der Waals surface area contributed by atoms with Gasteiger partial charge in [-0.2, -0.15) is 0 Å². The largest absolute Gasteiger partial charge is 0.369 e. The first-order valence-electron chi connectivity index (χ1n) is 6.26. The lowest BCUT2D eigenvalue weighted by Gasteiger charge is -2.06. The average Bonchev–Trinajstić information content (AvgIpc) is 2.95. The van der Waals surface area contributed by atoms with Crippen molar-refractivity contribution in [2.45, 2.75) is 24.0 Å². The Hall–Kier alpha value is -1.67. The number of anilines is 2. The molecule has 0 aliphatic heterocycles. The molecule has 0 bridgehead atoms. The van der Waals surface area contributed by atoms with Crippen LogP contribution in [0.2, 0.25) is 0 Å². The molecule has 0 saturated heterocycles. The van der Waals surface area contributed by atoms with E-state index in [-0.39, 0.29) is 10.0 Å². The lowest BCUT2D eigenvalue weighted by Crippen LogP contribution is -2.13. The summed E-state index contributed by atoms with van der Waals surface area (Å²) >= 11 is 1.15. The van der Waals surface area contributed by atoms with Gasteiger partial charge >= 0.3 is 0 Å². The van der Waals surface area contributed by atoms with Gasteiger partial charge in [0.2, 0.25) is 0 Å². The molecule has 0 aliphatic carbocycles. The summed E-state index contributed by atoms with van der Waals surface area (Å²) in [6.07, 6.45) is 2.15. The minimum absolute atomic E-state index is 0.208. The van der Waals surface area contributed by atoms with Gasteiger partial charge in [0.15, 0.2) is 5.82 Å². The highest BCUT2D eigenvalue weighted by molar-refractivity contribution is 7.94. The Morgan fingerprint density at radius 2 is 1.95 bits per heavy atom. The van der Waals surface area contributed by atoms with E-state index in [2.05, 4.69) is 27.2 Å². The third-order valence-electron chi connectivity index (χ3n) is 2.50. The predicted octanol–water partition coefficient (Wildman–Crippen LogP) is 2.55. The number of thiophene rings is 1. The van der Waals surface area contributed by atoms with Crippen LogP contribution in [0.1, 0.15) is 19.8 Å². The lowest BCUT2D eigenvalue weighted by atomic mass is 10.3. The zero-order chi connectivity index (χ0) is 14.4. The monoisotopic (exact) mass is 312 g/mol. The summed E-state index contributed by atoms with van der Waals surface area (Å²) in [7, 11) is -3.56. The predicted molar refractivity (Wildman–Crippen MR) is 80.6 cm³/mol. The van der Waals surface area contributed by atoms with Gasteiger partial charge in [0.05, 0.1) is 0 Å². The van der Waals surface area contributed by atoms with Gasteiger partial charge in [-0.1, -0.05) is 19.4 Å². The molecule has 6 nitrogen and oxygen atoms in total. The molecule has 0 fully saturated rings. The smallest absolute Gasteiger partial charge is 0.272 e. The van der Waals surface area contributed by atoms with Crippen LogP contribution in [0, 0.1) is 0 Å². The van der Waals surface area contributed by atoms with E-state index in [1.54, 1.807) is 29.6 Å². The van der Waals surface area contributed by atoms with E-state index in [4.69, 9.17) is 0 Å². The van der Waals surface area contributed by atoms with Crippen LogP contribution in [-0.4, -0.2) is 25.2 Å². The second-order valence-electron chi connectivity index (χ2n) is 4.12. The molecular weight excluding hydrogens is 296 g/mol. The average molecular weight is 312 g/mol. The maximum atomic E-state index is 12.0. The Morgan fingerprint density at radius 3 is 2.55 bits per heavy atom. The van der Waals surface area contributed by atoms with Crippen LogP contribution in [0.15, 0.2) is 33.9 Å². The molecule has 0 aromatic carbocycles. The normalized spacial score (nSPS) is 11.2. The molecule has 0 amide bonds. The maximum Gasteiger partial charge on any atom is 0.272 e. The van der Waals surface area contributed by atoms with Gasteiger partial charge in [-0.3, -0.25) is 4.72 Å². The van der Waals surface area contributed by atoms with Crippen LogP contribution in [0.25, 0.3) is 0 Å². The van der Waals surface area contributed by atoms with Gasteiger partial charge in [-0.05, 0) is 30.0 Å². The van der Waals surface area contributed by atoms with Gasteiger partial charge in [0.25, 0.3) is 10.0 Å². The first-order valence-corrected chi connectivity index (χ1v) is 8.62. The number of unbranched alkanes of at least 4 members (excludes halogenated alkanes) is 1. The third kappa shape index (κ3) is 3.91. The summed E-state index contributed by atoms with van der Waals surface area (Å²) < 4.78 is 26.6. The van der Waals surface area contributed by atoms with Crippen molar-refractivity contribution in [3.05, 3.63) is 29.6 Å². The quantitative estimate of drug-likeness (QED) is 0.768. The summed E-state index contributed by atoms with van der Waals surface area (Å²) in [5.41, 5.74) is 0. The van der Waals surface area contributed by atoms with Gasteiger partial charge in [-0.25, -0.2) is 8.42 Å². The van der Waals surface area contributed by atoms with Gasteiger partial charge < -0.3 is 5.32 Å². The second-order valence-corrected chi connectivity index (χ2v) is 6.98. The van der Waals surface area contributed by atoms with Crippen LogP contribution in [0.5, 0.6) is 0 Å². The first-order chi connectivity index (χ1) is 9.62. The SMILES string of the molecule is CCCCNc1ccc(NS(=O)(=O)c2cccs2)nn1. The summed E-state index contributed by atoms with van der Waals surface area (Å²) in [6.45, 7) is 2.93. The Bertz CT molecular complexity index is 624. The zero-order valence-corrected chi connectivity index (χ0v) is 12.7. The van der Waals surface area contributed by atoms with E-state index in [0.29, 0.717) is 5.82 Å². The fraction of sp³-hybridized carbons (Fsp3) is 0.333. The first kappa shape index (κ1) is 14.7. The fourth-order valence-electron chi connectivity index (χ4n) is 1.48. The summed E-state index contributed by atoms with van der Waals surface area (Å²) in [5, 5.41) is 12.6. The van der Waals surface area contributed by atoms with Crippen molar-refractivity contribution in [3.63, 3.8) is 0 Å². The van der Waals surface area contributed by atoms with Crippen LogP contribution in [0.3, 0.4) is 0 Å². The van der Waals surface area contributed by atoms with E-state index < -0.39 is 10.0 Å². The molecule has 0 saturated carbocycles. The second kappa shape index (κ2) is 6.67. The highest BCUT2D eigenvalue weighted by atomic mass is 32.2. The summed E-state index contributed by atoms with van der Waals surface area (Å²) in [4.78, 5) is 0. The molecule has 108 valence electrons. The number of nitrogens with one attached hydrogen (secondary N) is 2. The van der Waals surface area contributed by atoms with E-state index in [1.807, 2.05) is 0 Å². The molecule has 2 aromatic heterocycles. The van der Waals surface area contributed by atoms with Gasteiger partial charge in [0, 0.05) is 6.54 Å². The fourth-order valence-corrected chi connectivity index (χ4v) is 3.47. The molecule has 0 atom stereocenters. The van der Waals surface area contributed by atoms with Crippen molar-refractivity contribution >= 4 is 33.0 Å². The summed E-state index contributed by atoms with van der Waals surface area (Å²) in [6, 6.07) is 6.52. The Labute approximate surface area is 122 Å². The minimum atomic E-state index is -3.56. The van der Waals surface area contributed by atoms with Gasteiger partial charge in [-0.15, -0.1) is 21.5 Å². The van der Waals surface area contributed by atoms with Crippen molar-refractivity contribution in [1.29, 1.82) is 0 Å². The minimum Gasteiger partial charge on any atom is -0.369 e. The topological polar surface area (TPSA) is 84.0 Å². The zero-order valence-electron chi connectivity index (χ0n) is 11.0. The molecule has 8 heteroatoms. The molecule has 0 spiro atoms. The van der Waals surface area contributed by atoms with Crippen LogP contribution >= 0.6 is 11.3 Å². The molecule has 2 N–H and O–H groups in total. The van der Waals surface area contributed by atoms with E-state index in [0.717, 1.165) is 30.7 Å². The van der Waals surface area contributed by atoms with Crippen LogP contribution < -0.4 is 10.0 Å². The highest BCUT2D eigenvalue weighted by Gasteiger charge is 2.15. The van der Waals surface area contributed by atoms with E-state index in [9.17, 15) is 8.42 Å². The van der Waals surface area contributed by atoms with Crippen LogP contribution in [0.4, 0.5) is 11.6 Å². The Kier molecular flexibility index (Phi) is 4.91. The number of rotatable bonds is 7. The molecule has 20 heavy (non-hydrogen) atoms. The van der Waals surface area contributed by atoms with Crippen molar-refractivity contribution in [1.82, 2.24) is 10.2 Å². The van der Waals surface area contributed by atoms with E-state index in [1.165, 1.54) is 0 Å². The lowest BCUT2D eigenvalue weighted by molar-refractivity contribution is 0.603. The van der Waals surface area contributed by atoms with Crippen molar-refractivity contribution in [2.24, 2.45) is 0 Å². The Balaban J connectivity index is 2.00. The summed E-state index contributed by atoms with van der Waals surface area (Å²) in [5.74, 6) is 0.844. The number of hydrogen-bond acceptors (Lipinski definition) is 6. The molecule has 0 radical (unpaired) electrons. The van der Waals surface area contributed by atoms with Crippen LogP contribution in [-0.2, 0) is 10.0 Å². The van der Waals surface area contributed by atoms with Gasteiger partial charge in [0.1, 0.15) is 10.0 Å².